The summed E-state index contributed by atoms with van der Waals surface area (Å²) in [5.74, 6) is -8.50. The second-order valence-electron chi connectivity index (χ2n) is 4.70. The average Bonchev–Trinajstić information content (AvgIpc) is 2.48. The van der Waals surface area contributed by atoms with Crippen molar-refractivity contribution >= 4 is 23.7 Å². The van der Waals surface area contributed by atoms with E-state index in [0.29, 0.717) is 6.08 Å². The van der Waals surface area contributed by atoms with Gasteiger partial charge in [0.15, 0.2) is 0 Å². The first kappa shape index (κ1) is 18.6. The van der Waals surface area contributed by atoms with Crippen molar-refractivity contribution in [1.29, 1.82) is 0 Å². The van der Waals surface area contributed by atoms with Crippen LogP contribution in [0.15, 0.2) is 30.3 Å². The van der Waals surface area contributed by atoms with Gasteiger partial charge in [-0.15, -0.1) is 5.06 Å². The van der Waals surface area contributed by atoms with Crippen LogP contribution in [0.3, 0.4) is 0 Å². The molecule has 1 heterocycles. The van der Waals surface area contributed by atoms with Gasteiger partial charge >= 0.3 is 24.3 Å². The number of carbonyl (C=O) groups is 2. The Balaban J connectivity index is 2.44. The third-order valence-electron chi connectivity index (χ3n) is 2.87. The molecular formula is C13H8F6N2O4. The van der Waals surface area contributed by atoms with E-state index in [9.17, 15) is 35.9 Å². The van der Waals surface area contributed by atoms with Crippen molar-refractivity contribution in [1.82, 2.24) is 0 Å². The highest BCUT2D eigenvalue weighted by Gasteiger charge is 2.51. The van der Waals surface area contributed by atoms with Crippen molar-refractivity contribution in [3.05, 3.63) is 35.9 Å². The quantitative estimate of drug-likeness (QED) is 0.489. The highest BCUT2D eigenvalue weighted by Crippen LogP contribution is 2.35. The maximum Gasteiger partial charge on any atom is 0.493 e. The number of hydrogen-bond donors (Lipinski definition) is 1. The summed E-state index contributed by atoms with van der Waals surface area (Å²) < 4.78 is 78.5. The SMILES string of the molecule is NC1(OC(=O)C(F)(F)F)C=Cc2ccccc2N1OC(=O)C(F)(F)F. The minimum Gasteiger partial charge on any atom is -0.411 e. The van der Waals surface area contributed by atoms with E-state index in [1.54, 1.807) is 0 Å². The minimum absolute atomic E-state index is 0.0538. The molecule has 0 amide bonds. The summed E-state index contributed by atoms with van der Waals surface area (Å²) in [6.45, 7) is 0. The van der Waals surface area contributed by atoms with E-state index < -0.39 is 30.1 Å². The zero-order valence-electron chi connectivity index (χ0n) is 11.9. The lowest BCUT2D eigenvalue weighted by Gasteiger charge is -2.39. The fourth-order valence-corrected chi connectivity index (χ4v) is 1.82. The van der Waals surface area contributed by atoms with Crippen LogP contribution in [0.5, 0.6) is 0 Å². The van der Waals surface area contributed by atoms with Gasteiger partial charge in [-0.05, 0) is 12.1 Å². The van der Waals surface area contributed by atoms with Gasteiger partial charge in [0.25, 0.3) is 5.85 Å². The van der Waals surface area contributed by atoms with Crippen LogP contribution in [0.25, 0.3) is 6.08 Å². The van der Waals surface area contributed by atoms with E-state index in [4.69, 9.17) is 5.73 Å². The van der Waals surface area contributed by atoms with Gasteiger partial charge in [-0.25, -0.2) is 9.59 Å². The van der Waals surface area contributed by atoms with Gasteiger partial charge in [0.2, 0.25) is 0 Å². The summed E-state index contributed by atoms with van der Waals surface area (Å²) in [5, 5.41) is -0.0538. The standard InChI is InChI=1S/C13H8F6N2O4/c14-12(15,16)9(22)24-11(20)6-5-7-3-1-2-4-8(7)21(11)25-10(23)13(17,18)19/h1-6H,20H2. The maximum absolute atomic E-state index is 12.4. The number of hydrogen-bond acceptors (Lipinski definition) is 6. The van der Waals surface area contributed by atoms with Gasteiger partial charge in [-0.2, -0.15) is 26.3 Å². The largest absolute Gasteiger partial charge is 0.493 e. The molecule has 0 aromatic heterocycles. The van der Waals surface area contributed by atoms with E-state index >= 15 is 0 Å². The van der Waals surface area contributed by atoms with Crippen molar-refractivity contribution in [2.45, 2.75) is 18.2 Å². The van der Waals surface area contributed by atoms with Crippen LogP contribution in [0.2, 0.25) is 0 Å². The molecule has 12 heteroatoms. The molecule has 136 valence electrons. The first-order valence-corrected chi connectivity index (χ1v) is 6.31. The molecular weight excluding hydrogens is 362 g/mol. The van der Waals surface area contributed by atoms with Crippen molar-refractivity contribution < 1.29 is 45.5 Å². The number of hydroxylamine groups is 1. The zero-order valence-corrected chi connectivity index (χ0v) is 11.9. The molecule has 2 rings (SSSR count). The first-order valence-electron chi connectivity index (χ1n) is 6.31. The predicted molar refractivity (Wildman–Crippen MR) is 69.2 cm³/mol. The van der Waals surface area contributed by atoms with Crippen LogP contribution < -0.4 is 10.8 Å². The molecule has 1 aliphatic rings. The lowest BCUT2D eigenvalue weighted by atomic mass is 10.1. The van der Waals surface area contributed by atoms with E-state index in [-0.39, 0.29) is 16.3 Å². The number of benzene rings is 1. The van der Waals surface area contributed by atoms with Crippen LogP contribution in [0.4, 0.5) is 32.0 Å². The molecule has 1 aromatic rings. The molecule has 0 saturated carbocycles. The summed E-state index contributed by atoms with van der Waals surface area (Å²) in [6, 6.07) is 5.20. The van der Waals surface area contributed by atoms with E-state index in [0.717, 1.165) is 12.1 Å². The number of carbonyl (C=O) groups excluding carboxylic acids is 2. The highest BCUT2D eigenvalue weighted by atomic mass is 19.4. The predicted octanol–water partition coefficient (Wildman–Crippen LogP) is 2.26. The minimum atomic E-state index is -5.48. The molecule has 1 unspecified atom stereocenters. The van der Waals surface area contributed by atoms with Gasteiger partial charge in [0, 0.05) is 11.6 Å². The fraction of sp³-hybridized carbons (Fsp3) is 0.231. The zero-order chi connectivity index (χ0) is 19.0. The van der Waals surface area contributed by atoms with Crippen molar-refractivity contribution in [2.24, 2.45) is 5.73 Å². The number of para-hydroxylation sites is 1. The Kier molecular flexibility index (Phi) is 4.42. The van der Waals surface area contributed by atoms with Gasteiger partial charge in [0.1, 0.15) is 0 Å². The number of alkyl halides is 6. The second-order valence-corrected chi connectivity index (χ2v) is 4.70. The lowest BCUT2D eigenvalue weighted by molar-refractivity contribution is -0.223. The van der Waals surface area contributed by atoms with Gasteiger partial charge < -0.3 is 9.57 Å². The number of esters is 1. The Morgan fingerprint density at radius 3 is 2.12 bits per heavy atom. The summed E-state index contributed by atoms with van der Waals surface area (Å²) in [5.41, 5.74) is 5.29. The fourth-order valence-electron chi connectivity index (χ4n) is 1.82. The molecule has 0 saturated heterocycles. The molecule has 6 nitrogen and oxygen atoms in total. The van der Waals surface area contributed by atoms with Gasteiger partial charge in [0.05, 0.1) is 5.69 Å². The first-order chi connectivity index (χ1) is 11.3. The van der Waals surface area contributed by atoms with Crippen molar-refractivity contribution in [3.63, 3.8) is 0 Å². The third kappa shape index (κ3) is 3.84. The van der Waals surface area contributed by atoms with Crippen molar-refractivity contribution in [3.8, 4) is 0 Å². The highest BCUT2D eigenvalue weighted by molar-refractivity contribution is 5.81. The van der Waals surface area contributed by atoms with Crippen LogP contribution in [-0.2, 0) is 19.2 Å². The number of nitrogens with zero attached hydrogens (tertiary/aromatic N) is 1. The normalized spacial score (nSPS) is 20.0. The maximum atomic E-state index is 12.4. The Bertz CT molecular complexity index is 730. The molecule has 2 N–H and O–H groups in total. The van der Waals surface area contributed by atoms with Gasteiger partial charge in [-0.3, -0.25) is 5.73 Å². The van der Waals surface area contributed by atoms with Crippen LogP contribution >= 0.6 is 0 Å². The molecule has 25 heavy (non-hydrogen) atoms. The number of anilines is 1. The van der Waals surface area contributed by atoms with Crippen molar-refractivity contribution in [2.75, 3.05) is 5.06 Å². The number of halogens is 6. The molecule has 0 fully saturated rings. The number of rotatable bonds is 2. The second kappa shape index (κ2) is 5.95. The van der Waals surface area contributed by atoms with E-state index in [2.05, 4.69) is 9.57 Å². The summed E-state index contributed by atoms with van der Waals surface area (Å²) in [7, 11) is 0. The van der Waals surface area contributed by atoms with Crippen LogP contribution in [0.1, 0.15) is 5.56 Å². The molecule has 0 radical (unpaired) electrons. The number of fused-ring (bicyclic) bond motifs is 1. The Hall–Kier alpha value is -2.76. The monoisotopic (exact) mass is 370 g/mol. The summed E-state index contributed by atoms with van der Waals surface area (Å²) in [4.78, 5) is 26.2. The smallest absolute Gasteiger partial charge is 0.411 e. The molecule has 1 aliphatic heterocycles. The van der Waals surface area contributed by atoms with E-state index in [1.165, 1.54) is 18.2 Å². The average molecular weight is 370 g/mol. The Labute approximate surface area is 135 Å². The van der Waals surface area contributed by atoms with Crippen LogP contribution in [-0.4, -0.2) is 30.1 Å². The summed E-state index contributed by atoms with van der Waals surface area (Å²) >= 11 is 0. The topological polar surface area (TPSA) is 81.9 Å². The third-order valence-corrected chi connectivity index (χ3v) is 2.87. The molecule has 1 atom stereocenters. The van der Waals surface area contributed by atoms with Gasteiger partial charge in [-0.1, -0.05) is 18.2 Å². The molecule has 0 bridgehead atoms. The number of nitrogens with two attached hydrogens (primary N) is 1. The number of ether oxygens (including phenoxy) is 1. The molecule has 0 spiro atoms. The summed E-state index contributed by atoms with van der Waals surface area (Å²) in [6.07, 6.45) is -9.21. The van der Waals surface area contributed by atoms with Crippen LogP contribution in [0, 0.1) is 0 Å². The Morgan fingerprint density at radius 1 is 1.00 bits per heavy atom. The lowest BCUT2D eigenvalue weighted by Crippen LogP contribution is -2.61. The molecule has 0 aliphatic carbocycles. The van der Waals surface area contributed by atoms with E-state index in [1.807, 2.05) is 0 Å². The Morgan fingerprint density at radius 2 is 1.56 bits per heavy atom. The molecule has 1 aromatic carbocycles.